The summed E-state index contributed by atoms with van der Waals surface area (Å²) in [5.74, 6) is 0.406. The molecule has 0 bridgehead atoms. The van der Waals surface area contributed by atoms with E-state index in [0.29, 0.717) is 12.8 Å². The van der Waals surface area contributed by atoms with Gasteiger partial charge in [0.25, 0.3) is 0 Å². The number of amides is 1. The molecule has 0 saturated heterocycles. The van der Waals surface area contributed by atoms with Gasteiger partial charge in [-0.05, 0) is 43.9 Å². The highest BCUT2D eigenvalue weighted by Crippen LogP contribution is 2.39. The van der Waals surface area contributed by atoms with Gasteiger partial charge in [0.1, 0.15) is 17.0 Å². The minimum atomic E-state index is -1.46. The average molecular weight is 280 g/mol. The van der Waals surface area contributed by atoms with Gasteiger partial charge in [0.2, 0.25) is 5.91 Å². The summed E-state index contributed by atoms with van der Waals surface area (Å²) >= 11 is 0. The van der Waals surface area contributed by atoms with Crippen LogP contribution in [0.15, 0.2) is 18.2 Å². The van der Waals surface area contributed by atoms with Gasteiger partial charge in [-0.1, -0.05) is 12.1 Å². The molecule has 4 nitrogen and oxygen atoms in total. The third-order valence-electron chi connectivity index (χ3n) is 3.68. The molecule has 2 rings (SSSR count). The van der Waals surface area contributed by atoms with E-state index in [1.807, 2.05) is 18.2 Å². The Morgan fingerprint density at radius 3 is 2.85 bits per heavy atom. The molecule has 110 valence electrons. The normalized spacial score (nSPS) is 21.4. The number of hydrogen-bond donors (Lipinski definition) is 2. The Hall–Kier alpha value is -1.62. The van der Waals surface area contributed by atoms with Crippen LogP contribution in [-0.2, 0) is 16.8 Å². The zero-order valence-electron chi connectivity index (χ0n) is 12.1. The quantitative estimate of drug-likeness (QED) is 0.881. The molecule has 5 heteroatoms. The Bertz CT molecular complexity index is 525. The molecule has 1 atom stereocenters. The summed E-state index contributed by atoms with van der Waals surface area (Å²) < 4.78 is 18.8. The van der Waals surface area contributed by atoms with Crippen molar-refractivity contribution in [3.05, 3.63) is 29.3 Å². The second kappa shape index (κ2) is 5.05. The van der Waals surface area contributed by atoms with Gasteiger partial charge in [0, 0.05) is 0 Å². The van der Waals surface area contributed by atoms with Gasteiger partial charge in [0.05, 0.1) is 13.7 Å². The number of fused-ring (bicyclic) bond motifs is 1. The molecule has 0 radical (unpaired) electrons. The molecule has 0 aliphatic heterocycles. The second-order valence-electron chi connectivity index (χ2n) is 5.86. The van der Waals surface area contributed by atoms with Gasteiger partial charge in [-0.25, -0.2) is 4.39 Å². The summed E-state index contributed by atoms with van der Waals surface area (Å²) in [5, 5.41) is 2.60. The van der Waals surface area contributed by atoms with Crippen molar-refractivity contribution in [2.24, 2.45) is 5.73 Å². The van der Waals surface area contributed by atoms with E-state index < -0.39 is 11.2 Å². The summed E-state index contributed by atoms with van der Waals surface area (Å²) in [5.41, 5.74) is 5.45. The van der Waals surface area contributed by atoms with Crippen LogP contribution in [0.2, 0.25) is 0 Å². The van der Waals surface area contributed by atoms with Gasteiger partial charge in [-0.15, -0.1) is 0 Å². The molecule has 1 aliphatic rings. The Morgan fingerprint density at radius 1 is 1.55 bits per heavy atom. The fraction of sp³-hybridized carbons (Fsp3) is 0.533. The summed E-state index contributed by atoms with van der Waals surface area (Å²) in [6.45, 7) is 2.79. The smallest absolute Gasteiger partial charge is 0.244 e. The molecule has 1 unspecified atom stereocenters. The molecule has 0 heterocycles. The van der Waals surface area contributed by atoms with E-state index in [4.69, 9.17) is 10.5 Å². The number of ether oxygens (including phenoxy) is 1. The lowest BCUT2D eigenvalue weighted by atomic mass is 9.91. The summed E-state index contributed by atoms with van der Waals surface area (Å²) in [6, 6.07) is 5.51. The number of nitrogens with one attached hydrogen (secondary N) is 1. The van der Waals surface area contributed by atoms with Gasteiger partial charge in [-0.2, -0.15) is 0 Å². The van der Waals surface area contributed by atoms with Crippen molar-refractivity contribution in [3.8, 4) is 5.75 Å². The largest absolute Gasteiger partial charge is 0.496 e. The molecule has 1 aromatic rings. The predicted octanol–water partition coefficient (Wildman–Crippen LogP) is 1.66. The molecule has 1 amide bonds. The third kappa shape index (κ3) is 2.63. The van der Waals surface area contributed by atoms with E-state index >= 15 is 0 Å². The minimum absolute atomic E-state index is 0.0515. The highest BCUT2D eigenvalue weighted by atomic mass is 19.1. The third-order valence-corrected chi connectivity index (χ3v) is 3.68. The summed E-state index contributed by atoms with van der Waals surface area (Å²) in [7, 11) is 1.60. The topological polar surface area (TPSA) is 64.3 Å². The average Bonchev–Trinajstić information content (AvgIpc) is 2.74. The van der Waals surface area contributed by atoms with Gasteiger partial charge in [-0.3, -0.25) is 4.79 Å². The number of halogens is 1. The van der Waals surface area contributed by atoms with E-state index in [1.165, 1.54) is 13.8 Å². The first-order valence-electron chi connectivity index (χ1n) is 6.70. The van der Waals surface area contributed by atoms with Crippen LogP contribution in [0.5, 0.6) is 5.75 Å². The Labute approximate surface area is 118 Å². The molecule has 0 saturated carbocycles. The van der Waals surface area contributed by atoms with E-state index in [9.17, 15) is 9.18 Å². The van der Waals surface area contributed by atoms with Crippen molar-refractivity contribution in [2.75, 3.05) is 13.7 Å². The van der Waals surface area contributed by atoms with Crippen molar-refractivity contribution in [2.45, 2.75) is 37.9 Å². The van der Waals surface area contributed by atoms with Crippen LogP contribution < -0.4 is 15.8 Å². The van der Waals surface area contributed by atoms with E-state index in [-0.39, 0.29) is 12.5 Å². The maximum absolute atomic E-state index is 13.5. The fourth-order valence-electron chi connectivity index (χ4n) is 2.57. The molecular weight excluding hydrogens is 259 g/mol. The number of carbonyl (C=O) groups excluding carboxylic acids is 1. The maximum Gasteiger partial charge on any atom is 0.244 e. The number of hydrogen-bond acceptors (Lipinski definition) is 3. The Kier molecular flexibility index (Phi) is 3.73. The van der Waals surface area contributed by atoms with Crippen molar-refractivity contribution >= 4 is 5.91 Å². The molecule has 0 fully saturated rings. The van der Waals surface area contributed by atoms with Crippen LogP contribution in [0.1, 0.15) is 31.4 Å². The van der Waals surface area contributed by atoms with Gasteiger partial charge in [0.15, 0.2) is 0 Å². The van der Waals surface area contributed by atoms with Gasteiger partial charge < -0.3 is 15.8 Å². The molecule has 20 heavy (non-hydrogen) atoms. The Balaban J connectivity index is 2.24. The first-order chi connectivity index (χ1) is 9.28. The maximum atomic E-state index is 13.5. The number of rotatable bonds is 4. The van der Waals surface area contributed by atoms with Crippen molar-refractivity contribution in [1.29, 1.82) is 0 Å². The van der Waals surface area contributed by atoms with E-state index in [0.717, 1.165) is 16.9 Å². The van der Waals surface area contributed by atoms with Crippen LogP contribution in [-0.4, -0.2) is 25.2 Å². The number of alkyl halides is 1. The molecule has 0 aromatic heterocycles. The number of nitrogens with two attached hydrogens (primary N) is 1. The van der Waals surface area contributed by atoms with Crippen molar-refractivity contribution < 1.29 is 13.9 Å². The van der Waals surface area contributed by atoms with Crippen molar-refractivity contribution in [1.82, 2.24) is 5.32 Å². The standard InChI is InChI=1S/C15H21FN2O2/c1-14(2,16)9-18-13(19)15(17)8-7-10-11(15)5-4-6-12(10)20-3/h4-6H,7-9,17H2,1-3H3,(H,18,19). The molecule has 1 aliphatic carbocycles. The van der Waals surface area contributed by atoms with E-state index in [1.54, 1.807) is 7.11 Å². The van der Waals surface area contributed by atoms with Crippen molar-refractivity contribution in [3.63, 3.8) is 0 Å². The second-order valence-corrected chi connectivity index (χ2v) is 5.86. The van der Waals surface area contributed by atoms with Crippen LogP contribution in [0, 0.1) is 0 Å². The van der Waals surface area contributed by atoms with Crippen LogP contribution in [0.25, 0.3) is 0 Å². The predicted molar refractivity (Wildman–Crippen MR) is 75.4 cm³/mol. The lowest BCUT2D eigenvalue weighted by Crippen LogP contribution is -2.52. The first-order valence-corrected chi connectivity index (χ1v) is 6.70. The van der Waals surface area contributed by atoms with Crippen LogP contribution in [0.4, 0.5) is 4.39 Å². The lowest BCUT2D eigenvalue weighted by Gasteiger charge is -2.26. The molecular formula is C15H21FN2O2. The molecule has 0 spiro atoms. The van der Waals surface area contributed by atoms with E-state index in [2.05, 4.69) is 5.32 Å². The fourth-order valence-corrected chi connectivity index (χ4v) is 2.57. The monoisotopic (exact) mass is 280 g/mol. The number of methoxy groups -OCH3 is 1. The molecule has 3 N–H and O–H groups in total. The highest BCUT2D eigenvalue weighted by Gasteiger charge is 2.43. The van der Waals surface area contributed by atoms with Gasteiger partial charge >= 0.3 is 0 Å². The number of carbonyl (C=O) groups is 1. The minimum Gasteiger partial charge on any atom is -0.496 e. The number of benzene rings is 1. The zero-order chi connectivity index (χ0) is 15.0. The molecule has 1 aromatic carbocycles. The lowest BCUT2D eigenvalue weighted by molar-refractivity contribution is -0.127. The van der Waals surface area contributed by atoms with Crippen LogP contribution in [0.3, 0.4) is 0 Å². The highest BCUT2D eigenvalue weighted by molar-refractivity contribution is 5.89. The SMILES string of the molecule is COc1cccc2c1CCC2(N)C(=O)NCC(C)(C)F. The summed E-state index contributed by atoms with van der Waals surface area (Å²) in [6.07, 6.45) is 1.18. The Morgan fingerprint density at radius 2 is 2.25 bits per heavy atom. The first kappa shape index (κ1) is 14.8. The summed E-state index contributed by atoms with van der Waals surface area (Å²) in [4.78, 5) is 12.3. The zero-order valence-corrected chi connectivity index (χ0v) is 12.1. The van der Waals surface area contributed by atoms with Crippen LogP contribution >= 0.6 is 0 Å².